The number of hydrogen-bond donors (Lipinski definition) is 1. The van der Waals surface area contributed by atoms with Crippen LogP contribution in [0.1, 0.15) is 18.7 Å². The maximum atomic E-state index is 11.8. The van der Waals surface area contributed by atoms with E-state index in [2.05, 4.69) is 17.4 Å². The molecule has 1 aromatic carbocycles. The summed E-state index contributed by atoms with van der Waals surface area (Å²) in [5, 5.41) is 3.29. The molecule has 124 valence electrons. The second-order valence-corrected chi connectivity index (χ2v) is 6.79. The third kappa shape index (κ3) is 4.56. The van der Waals surface area contributed by atoms with Crippen molar-refractivity contribution in [3.8, 4) is 16.2 Å². The highest BCUT2D eigenvalue weighted by molar-refractivity contribution is 7.15. The van der Waals surface area contributed by atoms with Gasteiger partial charge in [0.15, 0.2) is 0 Å². The fourth-order valence-corrected chi connectivity index (χ4v) is 3.28. The lowest BCUT2D eigenvalue weighted by atomic mass is 10.0. The predicted molar refractivity (Wildman–Crippen MR) is 93.8 cm³/mol. The first-order valence-electron chi connectivity index (χ1n) is 7.59. The quantitative estimate of drug-likeness (QED) is 0.785. The highest BCUT2D eigenvalue weighted by Crippen LogP contribution is 2.29. The van der Waals surface area contributed by atoms with Crippen molar-refractivity contribution in [2.45, 2.75) is 26.4 Å². The summed E-state index contributed by atoms with van der Waals surface area (Å²) in [5.41, 5.74) is 1.16. The van der Waals surface area contributed by atoms with Crippen LogP contribution in [0.5, 0.6) is 5.75 Å². The van der Waals surface area contributed by atoms with Crippen molar-refractivity contribution in [3.05, 3.63) is 41.3 Å². The summed E-state index contributed by atoms with van der Waals surface area (Å²) in [6, 6.07) is 11.9. The normalized spacial score (nSPS) is 12.2. The molecule has 4 nitrogen and oxygen atoms in total. The fraction of sp³-hybridized carbons (Fsp3) is 0.389. The van der Waals surface area contributed by atoms with E-state index in [0.717, 1.165) is 11.3 Å². The van der Waals surface area contributed by atoms with Crippen LogP contribution in [0.25, 0.3) is 10.4 Å². The molecule has 1 aromatic heterocycles. The SMILES string of the molecule is COC(=O)C(NCc1ccc(-c2ccc(OC)cc2)s1)C(C)C. The van der Waals surface area contributed by atoms with E-state index in [1.165, 1.54) is 16.9 Å². The number of carbonyl (C=O) groups excluding carboxylic acids is 1. The van der Waals surface area contributed by atoms with Crippen LogP contribution in [0.4, 0.5) is 0 Å². The zero-order valence-corrected chi connectivity index (χ0v) is 14.8. The number of carbonyl (C=O) groups is 1. The van der Waals surface area contributed by atoms with Crippen LogP contribution in [-0.2, 0) is 16.1 Å². The summed E-state index contributed by atoms with van der Waals surface area (Å²) < 4.78 is 10.0. The lowest BCUT2D eigenvalue weighted by Crippen LogP contribution is -2.41. The summed E-state index contributed by atoms with van der Waals surface area (Å²) in [5.74, 6) is 0.820. The highest BCUT2D eigenvalue weighted by Gasteiger charge is 2.22. The first-order valence-corrected chi connectivity index (χ1v) is 8.41. The van der Waals surface area contributed by atoms with Gasteiger partial charge in [0.05, 0.1) is 14.2 Å². The molecule has 1 atom stereocenters. The Hall–Kier alpha value is -1.85. The molecule has 0 saturated carbocycles. The van der Waals surface area contributed by atoms with E-state index in [4.69, 9.17) is 9.47 Å². The third-order valence-corrected chi connectivity index (χ3v) is 4.79. The van der Waals surface area contributed by atoms with Crippen molar-refractivity contribution in [2.75, 3.05) is 14.2 Å². The van der Waals surface area contributed by atoms with Crippen molar-refractivity contribution in [1.29, 1.82) is 0 Å². The molecule has 0 amide bonds. The molecule has 5 heteroatoms. The average molecular weight is 333 g/mol. The van der Waals surface area contributed by atoms with Gasteiger partial charge in [0.1, 0.15) is 11.8 Å². The van der Waals surface area contributed by atoms with Crippen LogP contribution in [0.15, 0.2) is 36.4 Å². The maximum Gasteiger partial charge on any atom is 0.323 e. The summed E-state index contributed by atoms with van der Waals surface area (Å²) in [6.07, 6.45) is 0. The number of rotatable bonds is 7. The van der Waals surface area contributed by atoms with Gasteiger partial charge in [-0.3, -0.25) is 10.1 Å². The molecule has 0 radical (unpaired) electrons. The molecule has 23 heavy (non-hydrogen) atoms. The molecule has 1 unspecified atom stereocenters. The van der Waals surface area contributed by atoms with E-state index in [1.807, 2.05) is 38.1 Å². The van der Waals surface area contributed by atoms with E-state index in [1.54, 1.807) is 18.4 Å². The zero-order chi connectivity index (χ0) is 16.8. The molecule has 0 aliphatic heterocycles. The van der Waals surface area contributed by atoms with Crippen molar-refractivity contribution >= 4 is 17.3 Å². The second kappa shape index (κ2) is 8.13. The molecule has 0 bridgehead atoms. The first-order chi connectivity index (χ1) is 11.0. The van der Waals surface area contributed by atoms with Crippen molar-refractivity contribution < 1.29 is 14.3 Å². The van der Waals surface area contributed by atoms with Gasteiger partial charge in [0.2, 0.25) is 0 Å². The van der Waals surface area contributed by atoms with Gasteiger partial charge in [0, 0.05) is 16.3 Å². The highest BCUT2D eigenvalue weighted by atomic mass is 32.1. The first kappa shape index (κ1) is 17.5. The molecule has 2 aromatic rings. The molecule has 1 N–H and O–H groups in total. The summed E-state index contributed by atoms with van der Waals surface area (Å²) >= 11 is 1.72. The van der Waals surface area contributed by atoms with Gasteiger partial charge < -0.3 is 9.47 Å². The Morgan fingerprint density at radius 1 is 1.13 bits per heavy atom. The maximum absolute atomic E-state index is 11.8. The van der Waals surface area contributed by atoms with E-state index in [9.17, 15) is 4.79 Å². The van der Waals surface area contributed by atoms with Crippen molar-refractivity contribution in [3.63, 3.8) is 0 Å². The Kier molecular flexibility index (Phi) is 6.19. The van der Waals surface area contributed by atoms with E-state index >= 15 is 0 Å². The van der Waals surface area contributed by atoms with Gasteiger partial charge in [-0.1, -0.05) is 13.8 Å². The van der Waals surface area contributed by atoms with Crippen molar-refractivity contribution in [2.24, 2.45) is 5.92 Å². The molecule has 0 spiro atoms. The Labute approximate surface area is 141 Å². The minimum atomic E-state index is -0.286. The number of benzene rings is 1. The predicted octanol–water partition coefficient (Wildman–Crippen LogP) is 3.71. The number of hydrogen-bond acceptors (Lipinski definition) is 5. The standard InChI is InChI=1S/C18H23NO3S/c1-12(2)17(18(20)22-4)19-11-15-9-10-16(23-15)13-5-7-14(21-3)8-6-13/h5-10,12,17,19H,11H2,1-4H3. The third-order valence-electron chi connectivity index (χ3n) is 3.65. The number of methoxy groups -OCH3 is 2. The number of nitrogens with one attached hydrogen (secondary N) is 1. The van der Waals surface area contributed by atoms with Gasteiger partial charge >= 0.3 is 5.97 Å². The minimum absolute atomic E-state index is 0.184. The molecule has 0 fully saturated rings. The molecular weight excluding hydrogens is 310 g/mol. The zero-order valence-electron chi connectivity index (χ0n) is 14.0. The van der Waals surface area contributed by atoms with Crippen LogP contribution in [0.3, 0.4) is 0 Å². The van der Waals surface area contributed by atoms with Gasteiger partial charge in [-0.05, 0) is 47.9 Å². The Balaban J connectivity index is 2.02. The largest absolute Gasteiger partial charge is 0.497 e. The summed E-state index contributed by atoms with van der Waals surface area (Å²) in [6.45, 7) is 4.66. The minimum Gasteiger partial charge on any atom is -0.497 e. The lowest BCUT2D eigenvalue weighted by Gasteiger charge is -2.19. The Bertz CT molecular complexity index is 634. The van der Waals surface area contributed by atoms with Gasteiger partial charge in [-0.25, -0.2) is 0 Å². The van der Waals surface area contributed by atoms with Gasteiger partial charge in [0.25, 0.3) is 0 Å². The van der Waals surface area contributed by atoms with E-state index < -0.39 is 0 Å². The Morgan fingerprint density at radius 2 is 1.83 bits per heavy atom. The van der Waals surface area contributed by atoms with Gasteiger partial charge in [-0.15, -0.1) is 11.3 Å². The van der Waals surface area contributed by atoms with Crippen LogP contribution in [0.2, 0.25) is 0 Å². The monoisotopic (exact) mass is 333 g/mol. The van der Waals surface area contributed by atoms with Crippen LogP contribution >= 0.6 is 11.3 Å². The Morgan fingerprint density at radius 3 is 2.39 bits per heavy atom. The molecule has 0 aliphatic rings. The topological polar surface area (TPSA) is 47.6 Å². The van der Waals surface area contributed by atoms with Crippen LogP contribution in [0, 0.1) is 5.92 Å². The lowest BCUT2D eigenvalue weighted by molar-refractivity contribution is -0.144. The van der Waals surface area contributed by atoms with Crippen LogP contribution in [-0.4, -0.2) is 26.2 Å². The van der Waals surface area contributed by atoms with E-state index in [-0.39, 0.29) is 17.9 Å². The summed E-state index contributed by atoms with van der Waals surface area (Å²) in [4.78, 5) is 14.2. The molecular formula is C18H23NO3S. The number of thiophene rings is 1. The molecule has 0 aliphatic carbocycles. The smallest absolute Gasteiger partial charge is 0.323 e. The van der Waals surface area contributed by atoms with Crippen LogP contribution < -0.4 is 10.1 Å². The van der Waals surface area contributed by atoms with Crippen molar-refractivity contribution in [1.82, 2.24) is 5.32 Å². The van der Waals surface area contributed by atoms with E-state index in [0.29, 0.717) is 6.54 Å². The number of esters is 1. The average Bonchev–Trinajstić information content (AvgIpc) is 3.03. The molecule has 2 rings (SSSR count). The second-order valence-electron chi connectivity index (χ2n) is 5.62. The van der Waals surface area contributed by atoms with Gasteiger partial charge in [-0.2, -0.15) is 0 Å². The molecule has 1 heterocycles. The number of ether oxygens (including phenoxy) is 2. The summed E-state index contributed by atoms with van der Waals surface area (Å²) in [7, 11) is 3.09. The fourth-order valence-electron chi connectivity index (χ4n) is 2.31. The molecule has 0 saturated heterocycles.